The largest absolute Gasteiger partial charge is 0.387 e. The van der Waals surface area contributed by atoms with Crippen LogP contribution in [0.15, 0.2) is 15.8 Å². The van der Waals surface area contributed by atoms with Crippen LogP contribution in [0.3, 0.4) is 0 Å². The average Bonchev–Trinajstić information content (AvgIpc) is 2.61. The van der Waals surface area contributed by atoms with Crippen molar-refractivity contribution in [1.82, 2.24) is 9.55 Å². The van der Waals surface area contributed by atoms with Crippen molar-refractivity contribution in [1.29, 1.82) is 0 Å². The Bertz CT molecular complexity index is 551. The van der Waals surface area contributed by atoms with E-state index in [2.05, 4.69) is 4.98 Å². The van der Waals surface area contributed by atoms with Crippen molar-refractivity contribution >= 4 is 0 Å². The van der Waals surface area contributed by atoms with Gasteiger partial charge in [0.05, 0.1) is 0 Å². The molecule has 1 saturated heterocycles. The fourth-order valence-electron chi connectivity index (χ4n) is 1.93. The summed E-state index contributed by atoms with van der Waals surface area (Å²) >= 11 is 0. The zero-order valence-corrected chi connectivity index (χ0v) is 9.74. The predicted octanol–water partition coefficient (Wildman–Crippen LogP) is -2.58. The number of aliphatic hydroxyl groups is 2. The second kappa shape index (κ2) is 4.65. The van der Waals surface area contributed by atoms with Gasteiger partial charge in [0, 0.05) is 18.3 Å². The van der Waals surface area contributed by atoms with Crippen LogP contribution < -0.4 is 17.0 Å². The smallest absolute Gasteiger partial charge is 0.330 e. The molecular weight excluding hydrogens is 242 g/mol. The highest BCUT2D eigenvalue weighted by Crippen LogP contribution is 2.27. The third-order valence-electron chi connectivity index (χ3n) is 2.99. The molecule has 4 atom stereocenters. The number of aromatic nitrogens is 2. The molecule has 1 aromatic rings. The van der Waals surface area contributed by atoms with Gasteiger partial charge in [-0.05, 0) is 6.92 Å². The third kappa shape index (κ3) is 1.99. The molecule has 1 aliphatic heterocycles. The van der Waals surface area contributed by atoms with Gasteiger partial charge in [-0.3, -0.25) is 14.3 Å². The van der Waals surface area contributed by atoms with Crippen molar-refractivity contribution in [3.05, 3.63) is 32.6 Å². The first-order valence-electron chi connectivity index (χ1n) is 5.49. The summed E-state index contributed by atoms with van der Waals surface area (Å²) in [6.45, 7) is 1.54. The number of nitrogens with two attached hydrogens (primary N) is 1. The highest BCUT2D eigenvalue weighted by molar-refractivity contribution is 5.03. The van der Waals surface area contributed by atoms with Gasteiger partial charge in [0.25, 0.3) is 5.56 Å². The molecule has 1 aromatic heterocycles. The van der Waals surface area contributed by atoms with Crippen molar-refractivity contribution in [3.8, 4) is 0 Å². The second-order valence-electron chi connectivity index (χ2n) is 4.26. The monoisotopic (exact) mass is 257 g/mol. The second-order valence-corrected chi connectivity index (χ2v) is 4.26. The lowest BCUT2D eigenvalue weighted by atomic mass is 10.1. The molecule has 8 heteroatoms. The number of ether oxygens (including phenoxy) is 1. The van der Waals surface area contributed by atoms with Crippen LogP contribution in [0.5, 0.6) is 0 Å². The third-order valence-corrected chi connectivity index (χ3v) is 2.99. The van der Waals surface area contributed by atoms with E-state index in [1.807, 2.05) is 0 Å². The summed E-state index contributed by atoms with van der Waals surface area (Å²) in [6.07, 6.45) is -2.97. The van der Waals surface area contributed by atoms with Gasteiger partial charge in [0.1, 0.15) is 18.3 Å². The van der Waals surface area contributed by atoms with E-state index in [9.17, 15) is 19.8 Å². The lowest BCUT2D eigenvalue weighted by Gasteiger charge is -2.17. The van der Waals surface area contributed by atoms with E-state index in [1.165, 1.54) is 13.1 Å². The zero-order chi connectivity index (χ0) is 13.4. The first-order chi connectivity index (χ1) is 8.45. The quantitative estimate of drug-likeness (QED) is 0.460. The standard InChI is InChI=1S/C10H15N3O5/c1-4-3-13(10(17)12-8(4)16)9-7(15)6(14)5(2-11)18-9/h3,5-7,9,14-15H,2,11H2,1H3,(H,12,16,17)/t5-,6?,7?,9-/m1/s1. The van der Waals surface area contributed by atoms with Crippen molar-refractivity contribution in [3.63, 3.8) is 0 Å². The SMILES string of the molecule is Cc1cn([C@@H]2O[C@H](CN)C(O)C2O)c(=O)[nH]c1=O. The molecule has 1 aliphatic rings. The average molecular weight is 257 g/mol. The van der Waals surface area contributed by atoms with Gasteiger partial charge >= 0.3 is 5.69 Å². The number of nitrogens with one attached hydrogen (secondary N) is 1. The molecule has 0 radical (unpaired) electrons. The number of aromatic amines is 1. The van der Waals surface area contributed by atoms with Crippen LogP contribution in [-0.2, 0) is 4.74 Å². The van der Waals surface area contributed by atoms with Crippen LogP contribution in [0.4, 0.5) is 0 Å². The van der Waals surface area contributed by atoms with Gasteiger partial charge in [-0.25, -0.2) is 4.79 Å². The molecule has 0 amide bonds. The van der Waals surface area contributed by atoms with E-state index >= 15 is 0 Å². The van der Waals surface area contributed by atoms with Gasteiger partial charge in [0.15, 0.2) is 6.23 Å². The number of aliphatic hydroxyl groups excluding tert-OH is 2. The minimum atomic E-state index is -1.28. The first-order valence-corrected chi connectivity index (χ1v) is 5.49. The molecule has 18 heavy (non-hydrogen) atoms. The summed E-state index contributed by atoms with van der Waals surface area (Å²) < 4.78 is 6.35. The maximum absolute atomic E-state index is 11.6. The molecule has 2 unspecified atom stereocenters. The van der Waals surface area contributed by atoms with Crippen LogP contribution in [0.2, 0.25) is 0 Å². The number of H-pyrrole nitrogens is 1. The number of hydrogen-bond acceptors (Lipinski definition) is 6. The van der Waals surface area contributed by atoms with E-state index < -0.39 is 35.8 Å². The van der Waals surface area contributed by atoms with Crippen molar-refractivity contribution in [2.24, 2.45) is 5.73 Å². The molecule has 0 aliphatic carbocycles. The molecule has 0 bridgehead atoms. The van der Waals surface area contributed by atoms with E-state index in [-0.39, 0.29) is 6.54 Å². The van der Waals surface area contributed by atoms with Crippen LogP contribution in [0, 0.1) is 6.92 Å². The summed E-state index contributed by atoms with van der Waals surface area (Å²) in [6, 6.07) is 0. The zero-order valence-electron chi connectivity index (χ0n) is 9.74. The van der Waals surface area contributed by atoms with Gasteiger partial charge in [-0.1, -0.05) is 0 Å². The van der Waals surface area contributed by atoms with E-state index in [0.717, 1.165) is 4.57 Å². The molecule has 0 aromatic carbocycles. The molecule has 2 rings (SSSR count). The maximum atomic E-state index is 11.6. The molecule has 2 heterocycles. The molecule has 100 valence electrons. The van der Waals surface area contributed by atoms with E-state index in [0.29, 0.717) is 5.56 Å². The maximum Gasteiger partial charge on any atom is 0.330 e. The van der Waals surface area contributed by atoms with Crippen LogP contribution in [0.1, 0.15) is 11.8 Å². The summed E-state index contributed by atoms with van der Waals surface area (Å²) in [7, 11) is 0. The minimum Gasteiger partial charge on any atom is -0.387 e. The van der Waals surface area contributed by atoms with Gasteiger partial charge in [-0.2, -0.15) is 0 Å². The summed E-state index contributed by atoms with van der Waals surface area (Å²) in [5.74, 6) is 0. The summed E-state index contributed by atoms with van der Waals surface area (Å²) in [5.41, 5.74) is 4.47. The van der Waals surface area contributed by atoms with E-state index in [1.54, 1.807) is 0 Å². The predicted molar refractivity (Wildman–Crippen MR) is 61.0 cm³/mol. The van der Waals surface area contributed by atoms with E-state index in [4.69, 9.17) is 10.5 Å². The molecule has 0 spiro atoms. The molecule has 8 nitrogen and oxygen atoms in total. The molecular formula is C10H15N3O5. The Hall–Kier alpha value is -1.48. The Labute approximate surface area is 102 Å². The van der Waals surface area contributed by atoms with Crippen LogP contribution in [-0.4, -0.2) is 44.6 Å². The summed E-state index contributed by atoms with van der Waals surface area (Å²) in [5, 5.41) is 19.5. The normalized spacial score (nSPS) is 31.8. The van der Waals surface area contributed by atoms with Gasteiger partial charge < -0.3 is 20.7 Å². The number of nitrogens with zero attached hydrogens (tertiary/aromatic N) is 1. The van der Waals surface area contributed by atoms with Crippen molar-refractivity contribution in [2.75, 3.05) is 6.54 Å². The minimum absolute atomic E-state index is 0.0197. The molecule has 0 saturated carbocycles. The lowest BCUT2D eigenvalue weighted by Crippen LogP contribution is -2.38. The topological polar surface area (TPSA) is 131 Å². The van der Waals surface area contributed by atoms with Crippen molar-refractivity contribution in [2.45, 2.75) is 31.5 Å². The van der Waals surface area contributed by atoms with Gasteiger partial charge in [-0.15, -0.1) is 0 Å². The fourth-order valence-corrected chi connectivity index (χ4v) is 1.93. The Balaban J connectivity index is 2.42. The molecule has 5 N–H and O–H groups in total. The highest BCUT2D eigenvalue weighted by atomic mass is 16.6. The summed E-state index contributed by atoms with van der Waals surface area (Å²) in [4.78, 5) is 25.0. The lowest BCUT2D eigenvalue weighted by molar-refractivity contribution is -0.0373. The van der Waals surface area contributed by atoms with Gasteiger partial charge in [0.2, 0.25) is 0 Å². The van der Waals surface area contributed by atoms with Crippen LogP contribution in [0.25, 0.3) is 0 Å². The first kappa shape index (κ1) is 13.0. The fraction of sp³-hybridized carbons (Fsp3) is 0.600. The van der Waals surface area contributed by atoms with Crippen LogP contribution >= 0.6 is 0 Å². The Kier molecular flexibility index (Phi) is 3.35. The molecule has 1 fully saturated rings. The number of aryl methyl sites for hydroxylation is 1. The Morgan fingerprint density at radius 2 is 2.11 bits per heavy atom. The Morgan fingerprint density at radius 1 is 1.44 bits per heavy atom. The number of rotatable bonds is 2. The highest BCUT2D eigenvalue weighted by Gasteiger charge is 2.43. The Morgan fingerprint density at radius 3 is 2.67 bits per heavy atom. The number of hydrogen-bond donors (Lipinski definition) is 4. The van der Waals surface area contributed by atoms with Crippen molar-refractivity contribution < 1.29 is 14.9 Å².